The number of rotatable bonds is 8. The Kier molecular flexibility index (Phi) is 7.57. The van der Waals surface area contributed by atoms with E-state index >= 15 is 0 Å². The molecule has 2 aromatic carbocycles. The van der Waals surface area contributed by atoms with Crippen LogP contribution in [0.25, 0.3) is 6.08 Å². The minimum atomic E-state index is -0.729. The largest absolute Gasteiger partial charge is 0.494 e. The summed E-state index contributed by atoms with van der Waals surface area (Å²) in [6.07, 6.45) is 1.69. The van der Waals surface area contributed by atoms with Gasteiger partial charge >= 0.3 is 5.97 Å². The summed E-state index contributed by atoms with van der Waals surface area (Å²) >= 11 is 1.21. The molecule has 0 radical (unpaired) electrons. The van der Waals surface area contributed by atoms with Crippen LogP contribution in [0.3, 0.4) is 0 Å². The Hall–Kier alpha value is -3.56. The minimum Gasteiger partial charge on any atom is -0.494 e. The summed E-state index contributed by atoms with van der Waals surface area (Å²) in [5.74, 6) is -0.230. The van der Waals surface area contributed by atoms with E-state index in [9.17, 15) is 14.0 Å². The number of nitrogens with zero attached hydrogens (tertiary/aromatic N) is 2. The number of thiazole rings is 1. The molecule has 0 saturated heterocycles. The molecule has 7 nitrogen and oxygen atoms in total. The van der Waals surface area contributed by atoms with Crippen molar-refractivity contribution in [3.05, 3.63) is 96.4 Å². The number of methoxy groups -OCH3 is 1. The van der Waals surface area contributed by atoms with Gasteiger partial charge in [-0.1, -0.05) is 35.6 Å². The maximum absolute atomic E-state index is 13.6. The molecule has 9 heteroatoms. The van der Waals surface area contributed by atoms with Crippen LogP contribution in [0, 0.1) is 5.82 Å². The van der Waals surface area contributed by atoms with Crippen LogP contribution in [0.2, 0.25) is 0 Å². The van der Waals surface area contributed by atoms with Crippen molar-refractivity contribution in [1.29, 1.82) is 0 Å². The molecule has 0 N–H and O–H groups in total. The molecule has 182 valence electrons. The molecular formula is C26H25FN2O5S. The van der Waals surface area contributed by atoms with Gasteiger partial charge in [-0.2, -0.15) is 0 Å². The van der Waals surface area contributed by atoms with Crippen molar-refractivity contribution in [2.24, 2.45) is 4.99 Å². The van der Waals surface area contributed by atoms with Gasteiger partial charge in [0.05, 0.1) is 35.1 Å². The van der Waals surface area contributed by atoms with Crippen molar-refractivity contribution < 1.29 is 23.4 Å². The fraction of sp³-hybridized carbons (Fsp3) is 0.269. The summed E-state index contributed by atoms with van der Waals surface area (Å²) < 4.78 is 31.2. The minimum absolute atomic E-state index is 0.0805. The lowest BCUT2D eigenvalue weighted by molar-refractivity contribution is -0.140. The topological polar surface area (TPSA) is 79.1 Å². The number of benzene rings is 2. The highest BCUT2D eigenvalue weighted by Gasteiger charge is 2.33. The molecule has 35 heavy (non-hydrogen) atoms. The quantitative estimate of drug-likeness (QED) is 0.354. The van der Waals surface area contributed by atoms with E-state index < -0.39 is 12.0 Å². The molecule has 0 spiro atoms. The first-order chi connectivity index (χ1) is 16.9. The molecule has 0 bridgehead atoms. The third-order valence-electron chi connectivity index (χ3n) is 5.44. The third kappa shape index (κ3) is 5.26. The van der Waals surface area contributed by atoms with Crippen LogP contribution in [0.15, 0.2) is 69.6 Å². The molecule has 0 saturated carbocycles. The van der Waals surface area contributed by atoms with Gasteiger partial charge in [0.15, 0.2) is 4.80 Å². The van der Waals surface area contributed by atoms with Crippen LogP contribution in [0.1, 0.15) is 31.0 Å². The molecule has 1 aromatic heterocycles. The van der Waals surface area contributed by atoms with E-state index in [-0.39, 0.29) is 30.2 Å². The predicted octanol–water partition coefficient (Wildman–Crippen LogP) is 2.96. The molecular weight excluding hydrogens is 471 g/mol. The van der Waals surface area contributed by atoms with Crippen LogP contribution < -0.4 is 19.6 Å². The van der Waals surface area contributed by atoms with E-state index in [0.717, 1.165) is 5.56 Å². The average Bonchev–Trinajstić information content (AvgIpc) is 3.15. The summed E-state index contributed by atoms with van der Waals surface area (Å²) in [5, 5.41) is 0. The standard InChI is InChI=1S/C26H25FN2O5S/c1-4-33-20-11-7-18(8-12-20)23-22(25(31)34-14-13-32-3)16(2)28-26-29(23)24(30)21(35-26)15-17-5-9-19(27)10-6-17/h5-12,15,23H,4,13-14H2,1-3H3/b21-15-/t23-/m0/s1. The number of hydrogen-bond donors (Lipinski definition) is 0. The molecule has 1 aliphatic rings. The van der Waals surface area contributed by atoms with Crippen molar-refractivity contribution in [3.63, 3.8) is 0 Å². The first-order valence-electron chi connectivity index (χ1n) is 11.1. The maximum Gasteiger partial charge on any atom is 0.338 e. The summed E-state index contributed by atoms with van der Waals surface area (Å²) in [7, 11) is 1.52. The van der Waals surface area contributed by atoms with Gasteiger partial charge in [0.2, 0.25) is 0 Å². The van der Waals surface area contributed by atoms with Crippen molar-refractivity contribution in [1.82, 2.24) is 4.57 Å². The number of allylic oxidation sites excluding steroid dienone is 1. The molecule has 0 amide bonds. The number of ether oxygens (including phenoxy) is 3. The van der Waals surface area contributed by atoms with Crippen LogP contribution in [0.4, 0.5) is 4.39 Å². The monoisotopic (exact) mass is 496 g/mol. The van der Waals surface area contributed by atoms with E-state index in [1.165, 1.54) is 35.1 Å². The van der Waals surface area contributed by atoms with Crippen molar-refractivity contribution in [3.8, 4) is 5.75 Å². The summed E-state index contributed by atoms with van der Waals surface area (Å²) in [6.45, 7) is 4.48. The zero-order valence-corrected chi connectivity index (χ0v) is 20.4. The third-order valence-corrected chi connectivity index (χ3v) is 6.42. The van der Waals surface area contributed by atoms with E-state index in [4.69, 9.17) is 14.2 Å². The van der Waals surface area contributed by atoms with Gasteiger partial charge in [0.1, 0.15) is 18.2 Å². The highest BCUT2D eigenvalue weighted by Crippen LogP contribution is 2.31. The number of aromatic nitrogens is 1. The highest BCUT2D eigenvalue weighted by atomic mass is 32.1. The molecule has 0 unspecified atom stereocenters. The molecule has 1 atom stereocenters. The van der Waals surface area contributed by atoms with Crippen LogP contribution >= 0.6 is 11.3 Å². The molecule has 3 aromatic rings. The smallest absolute Gasteiger partial charge is 0.338 e. The van der Waals surface area contributed by atoms with Crippen molar-refractivity contribution in [2.75, 3.05) is 26.9 Å². The summed E-state index contributed by atoms with van der Waals surface area (Å²) in [6, 6.07) is 12.4. The lowest BCUT2D eigenvalue weighted by Crippen LogP contribution is -2.40. The van der Waals surface area contributed by atoms with Gasteiger partial charge in [-0.15, -0.1) is 0 Å². The summed E-state index contributed by atoms with van der Waals surface area (Å²) in [5.41, 5.74) is 1.86. The molecule has 4 rings (SSSR count). The molecule has 0 fully saturated rings. The number of esters is 1. The van der Waals surface area contributed by atoms with E-state index in [1.807, 2.05) is 19.1 Å². The normalized spacial score (nSPS) is 15.5. The predicted molar refractivity (Wildman–Crippen MR) is 131 cm³/mol. The Morgan fingerprint density at radius 1 is 1.14 bits per heavy atom. The fourth-order valence-corrected chi connectivity index (χ4v) is 4.86. The van der Waals surface area contributed by atoms with Crippen molar-refractivity contribution in [2.45, 2.75) is 19.9 Å². The zero-order chi connectivity index (χ0) is 24.9. The Morgan fingerprint density at radius 2 is 1.86 bits per heavy atom. The first-order valence-corrected chi connectivity index (χ1v) is 11.9. The van der Waals surface area contributed by atoms with Crippen LogP contribution in [-0.2, 0) is 14.3 Å². The number of halogens is 1. The molecule has 1 aliphatic heterocycles. The molecule has 0 aliphatic carbocycles. The van der Waals surface area contributed by atoms with Crippen molar-refractivity contribution >= 4 is 23.4 Å². The Labute approximate surface area is 205 Å². The molecule has 2 heterocycles. The number of hydrogen-bond acceptors (Lipinski definition) is 7. The van der Waals surface area contributed by atoms with Gasteiger partial charge in [-0.05, 0) is 55.3 Å². The fourth-order valence-electron chi connectivity index (χ4n) is 3.82. The first kappa shape index (κ1) is 24.6. The average molecular weight is 497 g/mol. The van der Waals surface area contributed by atoms with E-state index in [2.05, 4.69) is 4.99 Å². The lowest BCUT2D eigenvalue weighted by Gasteiger charge is -2.25. The van der Waals surface area contributed by atoms with Crippen LogP contribution in [0.5, 0.6) is 5.75 Å². The summed E-state index contributed by atoms with van der Waals surface area (Å²) in [4.78, 5) is 31.7. The SMILES string of the molecule is CCOc1ccc([C@H]2C(C(=O)OCCOC)=C(C)N=c3s/c(=C\c4ccc(F)cc4)c(=O)n32)cc1. The van der Waals surface area contributed by atoms with Gasteiger partial charge in [0, 0.05) is 7.11 Å². The number of carbonyl (C=O) groups excluding carboxylic acids is 1. The second-order valence-electron chi connectivity index (χ2n) is 7.76. The number of carbonyl (C=O) groups is 1. The Bertz CT molecular complexity index is 1420. The Morgan fingerprint density at radius 3 is 2.51 bits per heavy atom. The zero-order valence-electron chi connectivity index (χ0n) is 19.6. The maximum atomic E-state index is 13.6. The van der Waals surface area contributed by atoms with Crippen LogP contribution in [-0.4, -0.2) is 37.5 Å². The second kappa shape index (κ2) is 10.8. The lowest BCUT2D eigenvalue weighted by atomic mass is 9.96. The van der Waals surface area contributed by atoms with Gasteiger partial charge in [-0.25, -0.2) is 14.2 Å². The van der Waals surface area contributed by atoms with Gasteiger partial charge in [0.25, 0.3) is 5.56 Å². The Balaban J connectivity index is 1.85. The second-order valence-corrected chi connectivity index (χ2v) is 8.77. The highest BCUT2D eigenvalue weighted by molar-refractivity contribution is 7.07. The van der Waals surface area contributed by atoms with E-state index in [0.29, 0.717) is 33.0 Å². The van der Waals surface area contributed by atoms with Gasteiger partial charge < -0.3 is 14.2 Å². The number of fused-ring (bicyclic) bond motifs is 1. The van der Waals surface area contributed by atoms with Gasteiger partial charge in [-0.3, -0.25) is 9.36 Å². The van der Waals surface area contributed by atoms with E-state index in [1.54, 1.807) is 37.3 Å².